The maximum Gasteiger partial charge on any atom is 0.225 e. The van der Waals surface area contributed by atoms with Crippen molar-refractivity contribution < 1.29 is 14.3 Å². The van der Waals surface area contributed by atoms with Gasteiger partial charge in [0.2, 0.25) is 5.91 Å². The molecule has 1 aliphatic rings. The van der Waals surface area contributed by atoms with Gasteiger partial charge in [0.1, 0.15) is 5.75 Å². The molecule has 0 radical (unpaired) electrons. The van der Waals surface area contributed by atoms with Crippen molar-refractivity contribution in [3.63, 3.8) is 0 Å². The van der Waals surface area contributed by atoms with Crippen molar-refractivity contribution in [3.05, 3.63) is 28.2 Å². The molecular weight excluding hydrogens is 387 g/mol. The minimum atomic E-state index is -0.203. The smallest absolute Gasteiger partial charge is 0.225 e. The van der Waals surface area contributed by atoms with Crippen molar-refractivity contribution in [2.24, 2.45) is 11.7 Å². The predicted octanol–water partition coefficient (Wildman–Crippen LogP) is 3.40. The normalized spacial score (nSPS) is 16.2. The molecule has 1 aliphatic heterocycles. The van der Waals surface area contributed by atoms with E-state index in [0.29, 0.717) is 41.3 Å². The molecule has 0 spiro atoms. The van der Waals surface area contributed by atoms with Crippen LogP contribution in [0.15, 0.2) is 18.2 Å². The molecule has 1 fully saturated rings. The molecular formula is C17H25Cl3N2O3. The molecule has 1 amide bonds. The number of piperidine rings is 1. The van der Waals surface area contributed by atoms with Crippen LogP contribution in [0.25, 0.3) is 0 Å². The molecule has 1 atom stereocenters. The lowest BCUT2D eigenvalue weighted by Crippen LogP contribution is -2.42. The van der Waals surface area contributed by atoms with E-state index in [0.717, 1.165) is 25.9 Å². The maximum atomic E-state index is 12.2. The summed E-state index contributed by atoms with van der Waals surface area (Å²) in [4.78, 5) is 14.1. The SMILES string of the molecule is COC(CN)CC(=O)N1CCC(COc2cc(Cl)cc(Cl)c2)CC1.Cl. The number of hydrogen-bond acceptors (Lipinski definition) is 4. The van der Waals surface area contributed by atoms with Crippen molar-refractivity contribution in [3.8, 4) is 5.75 Å². The Morgan fingerprint density at radius 1 is 1.28 bits per heavy atom. The van der Waals surface area contributed by atoms with Crippen molar-refractivity contribution in [1.29, 1.82) is 0 Å². The van der Waals surface area contributed by atoms with Gasteiger partial charge in [0, 0.05) is 36.8 Å². The molecule has 142 valence electrons. The van der Waals surface area contributed by atoms with Crippen molar-refractivity contribution in [2.75, 3.05) is 33.4 Å². The van der Waals surface area contributed by atoms with E-state index >= 15 is 0 Å². The number of likely N-dealkylation sites (tertiary alicyclic amines) is 1. The summed E-state index contributed by atoms with van der Waals surface area (Å²) in [6.45, 7) is 2.44. The fourth-order valence-corrected chi connectivity index (χ4v) is 3.27. The summed E-state index contributed by atoms with van der Waals surface area (Å²) in [7, 11) is 1.58. The number of benzene rings is 1. The standard InChI is InChI=1S/C17H24Cl2N2O3.ClH/c1-23-16(10-20)9-17(22)21-4-2-12(3-5-21)11-24-15-7-13(18)6-14(19)8-15;/h6-8,12,16H,2-5,9-11,20H2,1H3;1H. The lowest BCUT2D eigenvalue weighted by Gasteiger charge is -2.32. The number of ether oxygens (including phenoxy) is 2. The Bertz CT molecular complexity index is 528. The van der Waals surface area contributed by atoms with Crippen LogP contribution in [0.2, 0.25) is 10.0 Å². The number of nitrogens with two attached hydrogens (primary N) is 1. The Kier molecular flexibility index (Phi) is 9.90. The van der Waals surface area contributed by atoms with Crippen LogP contribution < -0.4 is 10.5 Å². The molecule has 2 N–H and O–H groups in total. The third-order valence-electron chi connectivity index (χ3n) is 4.29. The first kappa shape index (κ1) is 22.3. The van der Waals surface area contributed by atoms with E-state index in [1.54, 1.807) is 25.3 Å². The van der Waals surface area contributed by atoms with Crippen molar-refractivity contribution in [1.82, 2.24) is 4.90 Å². The zero-order valence-electron chi connectivity index (χ0n) is 14.2. The van der Waals surface area contributed by atoms with Crippen LogP contribution in [0, 0.1) is 5.92 Å². The van der Waals surface area contributed by atoms with E-state index in [9.17, 15) is 4.79 Å². The minimum absolute atomic E-state index is 0. The highest BCUT2D eigenvalue weighted by Crippen LogP contribution is 2.26. The van der Waals surface area contributed by atoms with Gasteiger partial charge in [-0.05, 0) is 37.0 Å². The monoisotopic (exact) mass is 410 g/mol. The second-order valence-corrected chi connectivity index (χ2v) is 6.91. The summed E-state index contributed by atoms with van der Waals surface area (Å²) in [5.74, 6) is 1.20. The van der Waals surface area contributed by atoms with Crippen LogP contribution in [-0.4, -0.2) is 50.3 Å². The molecule has 2 rings (SSSR count). The van der Waals surface area contributed by atoms with Crippen LogP contribution >= 0.6 is 35.6 Å². The molecule has 1 aromatic carbocycles. The number of carbonyl (C=O) groups excluding carboxylic acids is 1. The Balaban J connectivity index is 0.00000312. The molecule has 1 aromatic rings. The second kappa shape index (κ2) is 11.1. The summed E-state index contributed by atoms with van der Waals surface area (Å²) in [5.41, 5.74) is 5.57. The molecule has 1 saturated heterocycles. The Morgan fingerprint density at radius 2 is 1.88 bits per heavy atom. The van der Waals surface area contributed by atoms with Gasteiger partial charge >= 0.3 is 0 Å². The fraction of sp³-hybridized carbons (Fsp3) is 0.588. The van der Waals surface area contributed by atoms with E-state index in [-0.39, 0.29) is 24.4 Å². The van der Waals surface area contributed by atoms with Crippen LogP contribution in [-0.2, 0) is 9.53 Å². The maximum absolute atomic E-state index is 12.2. The largest absolute Gasteiger partial charge is 0.493 e. The minimum Gasteiger partial charge on any atom is -0.493 e. The molecule has 8 heteroatoms. The Labute approximate surface area is 165 Å². The molecule has 0 bridgehead atoms. The van der Waals surface area contributed by atoms with Crippen LogP contribution in [0.4, 0.5) is 0 Å². The lowest BCUT2D eigenvalue weighted by atomic mass is 9.97. The van der Waals surface area contributed by atoms with Gasteiger partial charge in [-0.15, -0.1) is 12.4 Å². The fourth-order valence-electron chi connectivity index (χ4n) is 2.76. The first-order valence-corrected chi connectivity index (χ1v) is 8.87. The van der Waals surface area contributed by atoms with Gasteiger partial charge in [-0.1, -0.05) is 23.2 Å². The van der Waals surface area contributed by atoms with Gasteiger partial charge in [0.15, 0.2) is 0 Å². The third kappa shape index (κ3) is 7.19. The zero-order valence-corrected chi connectivity index (χ0v) is 16.6. The number of methoxy groups -OCH3 is 1. The summed E-state index contributed by atoms with van der Waals surface area (Å²) in [6, 6.07) is 5.18. The molecule has 0 aliphatic carbocycles. The van der Waals surface area contributed by atoms with Crippen molar-refractivity contribution >= 4 is 41.5 Å². The highest BCUT2D eigenvalue weighted by molar-refractivity contribution is 6.34. The van der Waals surface area contributed by atoms with E-state index in [2.05, 4.69) is 0 Å². The average Bonchev–Trinajstić information content (AvgIpc) is 2.57. The number of halogens is 3. The first-order chi connectivity index (χ1) is 11.5. The number of nitrogens with zero attached hydrogens (tertiary/aromatic N) is 1. The van der Waals surface area contributed by atoms with E-state index in [1.807, 2.05) is 4.90 Å². The molecule has 25 heavy (non-hydrogen) atoms. The molecule has 1 unspecified atom stereocenters. The van der Waals surface area contributed by atoms with Gasteiger partial charge in [0.05, 0.1) is 19.1 Å². The summed E-state index contributed by atoms with van der Waals surface area (Å²) < 4.78 is 11.0. The average molecular weight is 412 g/mol. The highest BCUT2D eigenvalue weighted by Gasteiger charge is 2.24. The molecule has 5 nitrogen and oxygen atoms in total. The Hall–Kier alpha value is -0.720. The van der Waals surface area contributed by atoms with E-state index in [4.69, 9.17) is 38.4 Å². The molecule has 0 aromatic heterocycles. The van der Waals surface area contributed by atoms with Crippen molar-refractivity contribution in [2.45, 2.75) is 25.4 Å². The van der Waals surface area contributed by atoms with E-state index < -0.39 is 0 Å². The number of hydrogen-bond donors (Lipinski definition) is 1. The topological polar surface area (TPSA) is 64.8 Å². The van der Waals surface area contributed by atoms with Gasteiger partial charge in [0.25, 0.3) is 0 Å². The van der Waals surface area contributed by atoms with Gasteiger partial charge in [-0.2, -0.15) is 0 Å². The van der Waals surface area contributed by atoms with Crippen LogP contribution in [0.1, 0.15) is 19.3 Å². The van der Waals surface area contributed by atoms with Crippen LogP contribution in [0.5, 0.6) is 5.75 Å². The van der Waals surface area contributed by atoms with Crippen LogP contribution in [0.3, 0.4) is 0 Å². The lowest BCUT2D eigenvalue weighted by molar-refractivity contribution is -0.135. The van der Waals surface area contributed by atoms with Gasteiger partial charge < -0.3 is 20.1 Å². The summed E-state index contributed by atoms with van der Waals surface area (Å²) >= 11 is 11.9. The quantitative estimate of drug-likeness (QED) is 0.747. The third-order valence-corrected chi connectivity index (χ3v) is 4.72. The predicted molar refractivity (Wildman–Crippen MR) is 103 cm³/mol. The van der Waals surface area contributed by atoms with Gasteiger partial charge in [-0.3, -0.25) is 4.79 Å². The Morgan fingerprint density at radius 3 is 2.40 bits per heavy atom. The summed E-state index contributed by atoms with van der Waals surface area (Å²) in [6.07, 6.45) is 1.97. The number of amides is 1. The number of rotatable bonds is 7. The van der Waals surface area contributed by atoms with Gasteiger partial charge in [-0.25, -0.2) is 0 Å². The van der Waals surface area contributed by atoms with E-state index in [1.165, 1.54) is 0 Å². The second-order valence-electron chi connectivity index (χ2n) is 6.04. The molecule has 1 heterocycles. The summed E-state index contributed by atoms with van der Waals surface area (Å²) in [5, 5.41) is 1.12. The number of carbonyl (C=O) groups is 1. The first-order valence-electron chi connectivity index (χ1n) is 8.11. The molecule has 0 saturated carbocycles. The highest BCUT2D eigenvalue weighted by atomic mass is 35.5. The zero-order chi connectivity index (χ0) is 17.5.